The van der Waals surface area contributed by atoms with Gasteiger partial charge in [0.25, 0.3) is 5.91 Å². The predicted molar refractivity (Wildman–Crippen MR) is 102 cm³/mol. The zero-order valence-electron chi connectivity index (χ0n) is 13.9. The molecule has 3 heterocycles. The van der Waals surface area contributed by atoms with Crippen molar-refractivity contribution in [3.05, 3.63) is 34.5 Å². The highest BCUT2D eigenvalue weighted by Crippen LogP contribution is 2.34. The quantitative estimate of drug-likeness (QED) is 0.701. The number of primary amides is 1. The van der Waals surface area contributed by atoms with Gasteiger partial charge in [0.05, 0.1) is 9.99 Å². The summed E-state index contributed by atoms with van der Waals surface area (Å²) < 4.78 is 6.32. The molecule has 0 bridgehead atoms. The Morgan fingerprint density at radius 2 is 2.08 bits per heavy atom. The molecule has 2 aromatic heterocycles. The van der Waals surface area contributed by atoms with E-state index < -0.39 is 5.91 Å². The number of nitrogens with one attached hydrogen (secondary N) is 1. The summed E-state index contributed by atoms with van der Waals surface area (Å²) in [6, 6.07) is 8.08. The van der Waals surface area contributed by atoms with Gasteiger partial charge in [-0.2, -0.15) is 0 Å². The number of anilines is 1. The van der Waals surface area contributed by atoms with Crippen molar-refractivity contribution >= 4 is 49.5 Å². The molecule has 0 aliphatic carbocycles. The first kappa shape index (κ1) is 16.4. The minimum atomic E-state index is -0.579. The Kier molecular flexibility index (Phi) is 4.13. The van der Waals surface area contributed by atoms with Crippen molar-refractivity contribution in [1.82, 2.24) is 9.88 Å². The van der Waals surface area contributed by atoms with E-state index in [1.807, 2.05) is 18.2 Å². The van der Waals surface area contributed by atoms with E-state index in [2.05, 4.69) is 33.2 Å². The second kappa shape index (κ2) is 6.31. The van der Waals surface area contributed by atoms with Gasteiger partial charge >= 0.3 is 0 Å². The average molecular weight is 403 g/mol. The number of nitrogens with zero attached hydrogens (tertiary/aromatic N) is 2. The predicted octanol–water partition coefficient (Wildman–Crippen LogP) is 3.35. The smallest absolute Gasteiger partial charge is 0.284 e. The molecule has 0 radical (unpaired) electrons. The van der Waals surface area contributed by atoms with Gasteiger partial charge in [0.15, 0.2) is 11.3 Å². The molecule has 0 unspecified atom stereocenters. The second-order valence-electron chi connectivity index (χ2n) is 6.57. The van der Waals surface area contributed by atoms with Crippen LogP contribution < -0.4 is 11.1 Å². The van der Waals surface area contributed by atoms with Crippen molar-refractivity contribution in [3.63, 3.8) is 0 Å². The zero-order valence-corrected chi connectivity index (χ0v) is 15.5. The van der Waals surface area contributed by atoms with Crippen molar-refractivity contribution in [2.45, 2.75) is 18.9 Å². The van der Waals surface area contributed by atoms with Gasteiger partial charge in [0.1, 0.15) is 5.82 Å². The largest absolute Gasteiger partial charge is 0.450 e. The standard InChI is InChI=1S/C18H19BrN4O2/c1-23-6-4-12(5-7-23)21-14-3-2-10-8-11-9-13(18(20)24)25-17(11)15(19)16(10)22-14/h2-3,8-9,12H,4-7H2,1H3,(H2,20,24)(H,21,22). The average Bonchev–Trinajstić information content (AvgIpc) is 3.02. The Bertz CT molecular complexity index is 961. The van der Waals surface area contributed by atoms with Crippen LogP contribution in [0.2, 0.25) is 0 Å². The number of amides is 1. The Hall–Kier alpha value is -2.12. The Labute approximate surface area is 153 Å². The number of carbonyl (C=O) groups excluding carboxylic acids is 1. The molecule has 7 heteroatoms. The van der Waals surface area contributed by atoms with E-state index in [0.717, 1.165) is 52.5 Å². The first-order chi connectivity index (χ1) is 12.0. The molecule has 1 saturated heterocycles. The van der Waals surface area contributed by atoms with Crippen LogP contribution in [-0.2, 0) is 0 Å². The maximum Gasteiger partial charge on any atom is 0.284 e. The number of likely N-dealkylation sites (tertiary alicyclic amines) is 1. The first-order valence-electron chi connectivity index (χ1n) is 8.29. The maximum atomic E-state index is 11.4. The van der Waals surface area contributed by atoms with Crippen LogP contribution in [0.5, 0.6) is 0 Å². The SMILES string of the molecule is CN1CCC(Nc2ccc3cc4cc(C(N)=O)oc4c(Br)c3n2)CC1. The van der Waals surface area contributed by atoms with E-state index in [0.29, 0.717) is 11.6 Å². The van der Waals surface area contributed by atoms with Gasteiger partial charge in [-0.05, 0) is 73.2 Å². The molecule has 0 spiro atoms. The fraction of sp³-hybridized carbons (Fsp3) is 0.333. The molecule has 6 nitrogen and oxygen atoms in total. The lowest BCUT2D eigenvalue weighted by Crippen LogP contribution is -2.36. The molecule has 25 heavy (non-hydrogen) atoms. The monoisotopic (exact) mass is 402 g/mol. The summed E-state index contributed by atoms with van der Waals surface area (Å²) in [6.07, 6.45) is 2.22. The molecule has 1 aliphatic heterocycles. The lowest BCUT2D eigenvalue weighted by Gasteiger charge is -2.29. The summed E-state index contributed by atoms with van der Waals surface area (Å²) in [7, 11) is 2.15. The maximum absolute atomic E-state index is 11.4. The number of halogens is 1. The third-order valence-electron chi connectivity index (χ3n) is 4.72. The molecule has 3 N–H and O–H groups in total. The number of furan rings is 1. The number of nitrogens with two attached hydrogens (primary N) is 1. The van der Waals surface area contributed by atoms with Crippen LogP contribution in [0.25, 0.3) is 21.9 Å². The van der Waals surface area contributed by atoms with Crippen LogP contribution >= 0.6 is 15.9 Å². The first-order valence-corrected chi connectivity index (χ1v) is 9.08. The lowest BCUT2D eigenvalue weighted by molar-refractivity contribution is 0.0976. The summed E-state index contributed by atoms with van der Waals surface area (Å²) >= 11 is 3.57. The number of hydrogen-bond donors (Lipinski definition) is 2. The highest BCUT2D eigenvalue weighted by molar-refractivity contribution is 9.10. The minimum absolute atomic E-state index is 0.149. The van der Waals surface area contributed by atoms with Crippen LogP contribution in [0.3, 0.4) is 0 Å². The highest BCUT2D eigenvalue weighted by atomic mass is 79.9. The summed E-state index contributed by atoms with van der Waals surface area (Å²) in [5.41, 5.74) is 6.70. The number of piperidine rings is 1. The molecule has 3 aromatic rings. The van der Waals surface area contributed by atoms with Gasteiger partial charge in [0.2, 0.25) is 0 Å². The van der Waals surface area contributed by atoms with Crippen LogP contribution in [0.4, 0.5) is 5.82 Å². The lowest BCUT2D eigenvalue weighted by atomic mass is 10.1. The van der Waals surface area contributed by atoms with E-state index in [1.165, 1.54) is 0 Å². The van der Waals surface area contributed by atoms with E-state index in [4.69, 9.17) is 15.1 Å². The van der Waals surface area contributed by atoms with Gasteiger partial charge < -0.3 is 20.4 Å². The van der Waals surface area contributed by atoms with Crippen molar-refractivity contribution < 1.29 is 9.21 Å². The molecule has 1 fully saturated rings. The van der Waals surface area contributed by atoms with Gasteiger partial charge in [-0.3, -0.25) is 4.79 Å². The normalized spacial score (nSPS) is 16.6. The topological polar surface area (TPSA) is 84.4 Å². The fourth-order valence-corrected chi connectivity index (χ4v) is 3.91. The van der Waals surface area contributed by atoms with E-state index in [9.17, 15) is 4.79 Å². The third-order valence-corrected chi connectivity index (χ3v) is 5.45. The number of hydrogen-bond acceptors (Lipinski definition) is 5. The summed E-state index contributed by atoms with van der Waals surface area (Å²) in [5, 5.41) is 5.33. The summed E-state index contributed by atoms with van der Waals surface area (Å²) in [6.45, 7) is 2.19. The number of aromatic nitrogens is 1. The highest BCUT2D eigenvalue weighted by Gasteiger charge is 2.18. The molecule has 1 aromatic carbocycles. The molecule has 1 amide bonds. The van der Waals surface area contributed by atoms with Crippen LogP contribution in [0.15, 0.2) is 33.2 Å². The Morgan fingerprint density at radius 3 is 2.80 bits per heavy atom. The number of pyridine rings is 1. The molecular weight excluding hydrogens is 384 g/mol. The Morgan fingerprint density at radius 1 is 1.32 bits per heavy atom. The second-order valence-corrected chi connectivity index (χ2v) is 7.37. The van der Waals surface area contributed by atoms with Crippen LogP contribution in [-0.4, -0.2) is 42.0 Å². The van der Waals surface area contributed by atoms with Crippen LogP contribution in [0, 0.1) is 0 Å². The van der Waals surface area contributed by atoms with Crippen molar-refractivity contribution in [1.29, 1.82) is 0 Å². The Balaban J connectivity index is 1.70. The van der Waals surface area contributed by atoms with Gasteiger partial charge in [-0.15, -0.1) is 0 Å². The molecular formula is C18H19BrN4O2. The molecule has 1 aliphatic rings. The molecule has 130 valence electrons. The summed E-state index contributed by atoms with van der Waals surface area (Å²) in [5.74, 6) is 0.421. The van der Waals surface area contributed by atoms with Gasteiger partial charge in [0, 0.05) is 16.8 Å². The third kappa shape index (κ3) is 3.09. The van der Waals surface area contributed by atoms with E-state index in [-0.39, 0.29) is 5.76 Å². The van der Waals surface area contributed by atoms with Crippen molar-refractivity contribution in [2.75, 3.05) is 25.5 Å². The van der Waals surface area contributed by atoms with Crippen molar-refractivity contribution in [3.8, 4) is 0 Å². The minimum Gasteiger partial charge on any atom is -0.450 e. The molecule has 0 saturated carbocycles. The number of fused-ring (bicyclic) bond motifs is 2. The number of carbonyl (C=O) groups is 1. The van der Waals surface area contributed by atoms with E-state index >= 15 is 0 Å². The molecule has 4 rings (SSSR count). The van der Waals surface area contributed by atoms with Gasteiger partial charge in [-0.1, -0.05) is 0 Å². The summed E-state index contributed by atoms with van der Waals surface area (Å²) in [4.78, 5) is 18.4. The zero-order chi connectivity index (χ0) is 17.6. The van der Waals surface area contributed by atoms with Crippen molar-refractivity contribution in [2.24, 2.45) is 5.73 Å². The fourth-order valence-electron chi connectivity index (χ4n) is 3.29. The number of benzene rings is 1. The van der Waals surface area contributed by atoms with Crippen LogP contribution in [0.1, 0.15) is 23.4 Å². The van der Waals surface area contributed by atoms with E-state index in [1.54, 1.807) is 6.07 Å². The number of rotatable bonds is 3. The van der Waals surface area contributed by atoms with Gasteiger partial charge in [-0.25, -0.2) is 4.98 Å². The molecule has 0 atom stereocenters.